The number of H-pyrrole nitrogens is 1. The third-order valence-electron chi connectivity index (χ3n) is 5.29. The molecule has 2 heterocycles. The normalized spacial score (nSPS) is 20.1. The third kappa shape index (κ3) is 3.67. The van der Waals surface area contributed by atoms with E-state index in [0.29, 0.717) is 23.2 Å². The molecule has 0 radical (unpaired) electrons. The molecule has 1 fully saturated rings. The minimum Gasteiger partial charge on any atom is -0.479 e. The molecular formula is C20H24N4O3. The summed E-state index contributed by atoms with van der Waals surface area (Å²) < 4.78 is 5.60. The van der Waals surface area contributed by atoms with Gasteiger partial charge in [0.15, 0.2) is 11.9 Å². The fourth-order valence-electron chi connectivity index (χ4n) is 3.87. The van der Waals surface area contributed by atoms with Crippen molar-refractivity contribution in [1.82, 2.24) is 10.2 Å². The molecule has 1 aliphatic carbocycles. The molecule has 0 bridgehead atoms. The largest absolute Gasteiger partial charge is 0.479 e. The molecule has 2 amide bonds. The molecule has 2 aromatic rings. The Balaban J connectivity index is 1.43. The molecule has 142 valence electrons. The highest BCUT2D eigenvalue weighted by molar-refractivity contribution is 6.05. The molecule has 0 spiro atoms. The Morgan fingerprint density at radius 3 is 2.89 bits per heavy atom. The van der Waals surface area contributed by atoms with Gasteiger partial charge in [-0.25, -0.2) is 0 Å². The lowest BCUT2D eigenvalue weighted by Gasteiger charge is -2.32. The Bertz CT molecular complexity index is 841. The van der Waals surface area contributed by atoms with Gasteiger partial charge >= 0.3 is 0 Å². The molecule has 1 aromatic carbocycles. The molecular weight excluding hydrogens is 344 g/mol. The molecule has 1 aliphatic heterocycles. The van der Waals surface area contributed by atoms with Gasteiger partial charge in [0, 0.05) is 17.7 Å². The summed E-state index contributed by atoms with van der Waals surface area (Å²) in [4.78, 5) is 26.5. The number of anilines is 2. The lowest BCUT2D eigenvalue weighted by atomic mass is 9.87. The van der Waals surface area contributed by atoms with Crippen molar-refractivity contribution in [1.29, 1.82) is 0 Å². The monoisotopic (exact) mass is 368 g/mol. The number of fused-ring (bicyclic) bond motifs is 1. The van der Waals surface area contributed by atoms with E-state index in [1.165, 1.54) is 24.2 Å². The number of hydrogen-bond donors (Lipinski definition) is 2. The molecule has 1 saturated carbocycles. The first-order valence-corrected chi connectivity index (χ1v) is 9.54. The summed E-state index contributed by atoms with van der Waals surface area (Å²) in [6.45, 7) is 1.61. The molecule has 7 nitrogen and oxygen atoms in total. The number of aromatic amines is 1. The lowest BCUT2D eigenvalue weighted by Crippen LogP contribution is -2.47. The number of carbonyl (C=O) groups excluding carboxylic acids is 2. The molecule has 2 N–H and O–H groups in total. The number of para-hydroxylation sites is 2. The van der Waals surface area contributed by atoms with Crippen LogP contribution in [0.1, 0.15) is 50.6 Å². The highest BCUT2D eigenvalue weighted by Gasteiger charge is 2.32. The van der Waals surface area contributed by atoms with Gasteiger partial charge in [0.1, 0.15) is 12.3 Å². The van der Waals surface area contributed by atoms with E-state index in [1.54, 1.807) is 19.1 Å². The second-order valence-electron chi connectivity index (χ2n) is 7.24. The zero-order valence-electron chi connectivity index (χ0n) is 15.4. The van der Waals surface area contributed by atoms with Crippen molar-refractivity contribution in [2.75, 3.05) is 16.8 Å². The summed E-state index contributed by atoms with van der Waals surface area (Å²) in [6, 6.07) is 9.15. The minimum atomic E-state index is -0.615. The standard InChI is InChI=1S/C20H24N4O3/c1-13-20(26)24(16-9-5-6-10-17(16)27-13)12-19(25)21-18-11-15(22-23-18)14-7-3-2-4-8-14/h5-6,9-11,13-14H,2-4,7-8,12H2,1H3,(H2,21,22,23,25). The van der Waals surface area contributed by atoms with Crippen molar-refractivity contribution < 1.29 is 14.3 Å². The number of hydrogen-bond acceptors (Lipinski definition) is 4. The summed E-state index contributed by atoms with van der Waals surface area (Å²) in [5.74, 6) is 1.09. The van der Waals surface area contributed by atoms with Crippen LogP contribution in [0.3, 0.4) is 0 Å². The molecule has 7 heteroatoms. The predicted octanol–water partition coefficient (Wildman–Crippen LogP) is 3.21. The maximum absolute atomic E-state index is 12.5. The van der Waals surface area contributed by atoms with Crippen molar-refractivity contribution in [3.8, 4) is 5.75 Å². The second kappa shape index (κ2) is 7.42. The quantitative estimate of drug-likeness (QED) is 0.867. The van der Waals surface area contributed by atoms with E-state index >= 15 is 0 Å². The lowest BCUT2D eigenvalue weighted by molar-refractivity contribution is -0.127. The van der Waals surface area contributed by atoms with Gasteiger partial charge in [0.05, 0.1) is 5.69 Å². The van der Waals surface area contributed by atoms with Gasteiger partial charge in [-0.2, -0.15) is 5.10 Å². The average Bonchev–Trinajstić information content (AvgIpc) is 3.14. The number of aromatic nitrogens is 2. The van der Waals surface area contributed by atoms with Gasteiger partial charge in [0.25, 0.3) is 5.91 Å². The number of benzene rings is 1. The molecule has 1 unspecified atom stereocenters. The van der Waals surface area contributed by atoms with Crippen LogP contribution >= 0.6 is 0 Å². The minimum absolute atomic E-state index is 0.0742. The summed E-state index contributed by atoms with van der Waals surface area (Å²) in [6.07, 6.45) is 5.47. The van der Waals surface area contributed by atoms with E-state index in [-0.39, 0.29) is 18.4 Å². The fourth-order valence-corrected chi connectivity index (χ4v) is 3.87. The van der Waals surface area contributed by atoms with Crippen LogP contribution in [0.2, 0.25) is 0 Å². The molecule has 0 saturated heterocycles. The van der Waals surface area contributed by atoms with Gasteiger partial charge in [-0.15, -0.1) is 0 Å². The van der Waals surface area contributed by atoms with Crippen LogP contribution in [0.4, 0.5) is 11.5 Å². The van der Waals surface area contributed by atoms with Gasteiger partial charge in [-0.1, -0.05) is 31.4 Å². The molecule has 27 heavy (non-hydrogen) atoms. The highest BCUT2D eigenvalue weighted by Crippen LogP contribution is 2.34. The summed E-state index contributed by atoms with van der Waals surface area (Å²) in [7, 11) is 0. The highest BCUT2D eigenvalue weighted by atomic mass is 16.5. The van der Waals surface area contributed by atoms with Crippen LogP contribution in [-0.2, 0) is 9.59 Å². The van der Waals surface area contributed by atoms with Crippen LogP contribution in [-0.4, -0.2) is 34.7 Å². The Morgan fingerprint density at radius 1 is 1.30 bits per heavy atom. The first kappa shape index (κ1) is 17.6. The summed E-state index contributed by atoms with van der Waals surface area (Å²) in [5.41, 5.74) is 1.69. The topological polar surface area (TPSA) is 87.3 Å². The number of rotatable bonds is 4. The van der Waals surface area contributed by atoms with E-state index < -0.39 is 6.10 Å². The van der Waals surface area contributed by atoms with Crippen molar-refractivity contribution in [2.24, 2.45) is 0 Å². The number of carbonyl (C=O) groups is 2. The fraction of sp³-hybridized carbons (Fsp3) is 0.450. The van der Waals surface area contributed by atoms with E-state index in [4.69, 9.17) is 4.74 Å². The van der Waals surface area contributed by atoms with Gasteiger partial charge in [-0.05, 0) is 31.9 Å². The van der Waals surface area contributed by atoms with Crippen LogP contribution < -0.4 is 15.0 Å². The maximum atomic E-state index is 12.5. The Morgan fingerprint density at radius 2 is 2.07 bits per heavy atom. The number of nitrogens with one attached hydrogen (secondary N) is 2. The number of nitrogens with zero attached hydrogens (tertiary/aromatic N) is 2. The molecule has 4 rings (SSSR count). The van der Waals surface area contributed by atoms with Crippen molar-refractivity contribution in [2.45, 2.75) is 51.0 Å². The van der Waals surface area contributed by atoms with E-state index in [2.05, 4.69) is 15.5 Å². The average molecular weight is 368 g/mol. The molecule has 1 atom stereocenters. The zero-order chi connectivity index (χ0) is 18.8. The van der Waals surface area contributed by atoms with Gasteiger partial charge < -0.3 is 10.1 Å². The van der Waals surface area contributed by atoms with Crippen LogP contribution in [0.15, 0.2) is 30.3 Å². The third-order valence-corrected chi connectivity index (χ3v) is 5.29. The Hall–Kier alpha value is -2.83. The smallest absolute Gasteiger partial charge is 0.268 e. The van der Waals surface area contributed by atoms with Gasteiger partial charge in [-0.3, -0.25) is 19.6 Å². The predicted molar refractivity (Wildman–Crippen MR) is 102 cm³/mol. The first-order valence-electron chi connectivity index (χ1n) is 9.54. The van der Waals surface area contributed by atoms with Crippen molar-refractivity contribution >= 4 is 23.3 Å². The zero-order valence-corrected chi connectivity index (χ0v) is 15.4. The second-order valence-corrected chi connectivity index (χ2v) is 7.24. The van der Waals surface area contributed by atoms with Crippen LogP contribution in [0.25, 0.3) is 0 Å². The van der Waals surface area contributed by atoms with Crippen molar-refractivity contribution in [3.63, 3.8) is 0 Å². The number of amides is 2. The molecule has 1 aromatic heterocycles. The number of ether oxygens (including phenoxy) is 1. The summed E-state index contributed by atoms with van der Waals surface area (Å²) in [5, 5.41) is 10.1. The molecule has 2 aliphatic rings. The Labute approximate surface area is 158 Å². The Kier molecular flexibility index (Phi) is 4.83. The van der Waals surface area contributed by atoms with E-state index in [0.717, 1.165) is 18.5 Å². The van der Waals surface area contributed by atoms with Crippen molar-refractivity contribution in [3.05, 3.63) is 36.0 Å². The van der Waals surface area contributed by atoms with Crippen LogP contribution in [0, 0.1) is 0 Å². The van der Waals surface area contributed by atoms with Gasteiger partial charge in [0.2, 0.25) is 5.91 Å². The van der Waals surface area contributed by atoms with Crippen LogP contribution in [0.5, 0.6) is 5.75 Å². The first-order chi connectivity index (χ1) is 13.1. The SMILES string of the molecule is CC1Oc2ccccc2N(CC(=O)Nc2cc(C3CCCCC3)[nH]n2)C1=O. The summed E-state index contributed by atoms with van der Waals surface area (Å²) >= 11 is 0. The maximum Gasteiger partial charge on any atom is 0.268 e. The van der Waals surface area contributed by atoms with E-state index in [1.807, 2.05) is 18.2 Å². The van der Waals surface area contributed by atoms with E-state index in [9.17, 15) is 9.59 Å².